The maximum absolute atomic E-state index is 11.0. The summed E-state index contributed by atoms with van der Waals surface area (Å²) in [4.78, 5) is 11.0. The van der Waals surface area contributed by atoms with Gasteiger partial charge in [-0.05, 0) is 31.0 Å². The van der Waals surface area contributed by atoms with E-state index in [2.05, 4.69) is 11.4 Å². The van der Waals surface area contributed by atoms with Crippen molar-refractivity contribution in [1.82, 2.24) is 5.32 Å². The quantitative estimate of drug-likeness (QED) is 0.774. The Morgan fingerprint density at radius 3 is 2.81 bits per heavy atom. The zero-order valence-electron chi connectivity index (χ0n) is 10.2. The molecule has 16 heavy (non-hydrogen) atoms. The fourth-order valence-electron chi connectivity index (χ4n) is 1.34. The number of benzene rings is 1. The van der Waals surface area contributed by atoms with E-state index in [1.165, 1.54) is 5.56 Å². The summed E-state index contributed by atoms with van der Waals surface area (Å²) < 4.78 is 5.60. The molecule has 1 N–H and O–H groups in total. The summed E-state index contributed by atoms with van der Waals surface area (Å²) in [6, 6.07) is 6.10. The lowest BCUT2D eigenvalue weighted by Crippen LogP contribution is -2.27. The molecule has 1 aromatic carbocycles. The van der Waals surface area contributed by atoms with Crippen LogP contribution in [0.3, 0.4) is 0 Å². The summed E-state index contributed by atoms with van der Waals surface area (Å²) in [5.74, 6) is 0.954. The van der Waals surface area contributed by atoms with Gasteiger partial charge in [-0.25, -0.2) is 0 Å². The Bertz CT molecular complexity index is 361. The van der Waals surface area contributed by atoms with Gasteiger partial charge in [-0.1, -0.05) is 19.1 Å². The summed E-state index contributed by atoms with van der Waals surface area (Å²) >= 11 is 0. The molecule has 0 aliphatic carbocycles. The van der Waals surface area contributed by atoms with Gasteiger partial charge in [-0.2, -0.15) is 0 Å². The Hall–Kier alpha value is -1.51. The Kier molecular flexibility index (Phi) is 4.83. The first kappa shape index (κ1) is 12.6. The molecule has 3 nitrogen and oxygen atoms in total. The number of nitrogens with one attached hydrogen (secondary N) is 1. The zero-order chi connectivity index (χ0) is 12.0. The van der Waals surface area contributed by atoms with Gasteiger partial charge in [0.15, 0.2) is 0 Å². The van der Waals surface area contributed by atoms with Gasteiger partial charge in [-0.15, -0.1) is 0 Å². The number of rotatable bonds is 5. The van der Waals surface area contributed by atoms with E-state index in [-0.39, 0.29) is 5.91 Å². The van der Waals surface area contributed by atoms with Crippen molar-refractivity contribution in [2.24, 2.45) is 0 Å². The molecular formula is C13H19NO2. The topological polar surface area (TPSA) is 38.3 Å². The first-order valence-electron chi connectivity index (χ1n) is 5.60. The third-order valence-electron chi connectivity index (χ3n) is 2.35. The molecule has 1 rings (SSSR count). The van der Waals surface area contributed by atoms with Crippen LogP contribution in [0, 0.1) is 13.8 Å². The van der Waals surface area contributed by atoms with Crippen LogP contribution in [0.2, 0.25) is 0 Å². The standard InChI is InChI=1S/C13H19NO2/c1-4-13(15)14-7-8-16-12-9-10(2)5-6-11(12)3/h5-6,9H,4,7-8H2,1-3H3,(H,14,15). The predicted octanol–water partition coefficient (Wildman–Crippen LogP) is 2.21. The number of hydrogen-bond donors (Lipinski definition) is 1. The summed E-state index contributed by atoms with van der Waals surface area (Å²) in [7, 11) is 0. The smallest absolute Gasteiger partial charge is 0.219 e. The van der Waals surface area contributed by atoms with Crippen LogP contribution in [0.1, 0.15) is 24.5 Å². The minimum absolute atomic E-state index is 0.0598. The number of aryl methyl sites for hydroxylation is 2. The van der Waals surface area contributed by atoms with E-state index in [0.717, 1.165) is 11.3 Å². The van der Waals surface area contributed by atoms with E-state index >= 15 is 0 Å². The molecule has 0 aliphatic heterocycles. The van der Waals surface area contributed by atoms with Crippen molar-refractivity contribution < 1.29 is 9.53 Å². The second-order valence-corrected chi connectivity index (χ2v) is 3.82. The van der Waals surface area contributed by atoms with E-state index in [0.29, 0.717) is 19.6 Å². The van der Waals surface area contributed by atoms with Crippen molar-refractivity contribution in [1.29, 1.82) is 0 Å². The third kappa shape index (κ3) is 3.93. The second kappa shape index (κ2) is 6.16. The fraction of sp³-hybridized carbons (Fsp3) is 0.462. The van der Waals surface area contributed by atoms with Crippen LogP contribution >= 0.6 is 0 Å². The molecule has 0 bridgehead atoms. The highest BCUT2D eigenvalue weighted by Gasteiger charge is 2.00. The summed E-state index contributed by atoms with van der Waals surface area (Å²) in [5.41, 5.74) is 2.30. The molecule has 0 spiro atoms. The van der Waals surface area contributed by atoms with Crippen LogP contribution in [0.15, 0.2) is 18.2 Å². The highest BCUT2D eigenvalue weighted by atomic mass is 16.5. The molecule has 0 saturated heterocycles. The Morgan fingerprint density at radius 2 is 2.12 bits per heavy atom. The number of hydrogen-bond acceptors (Lipinski definition) is 2. The molecule has 0 aromatic heterocycles. The number of amides is 1. The van der Waals surface area contributed by atoms with Crippen molar-refractivity contribution in [3.8, 4) is 5.75 Å². The van der Waals surface area contributed by atoms with Crippen molar-refractivity contribution in [2.75, 3.05) is 13.2 Å². The van der Waals surface area contributed by atoms with Crippen molar-refractivity contribution in [3.63, 3.8) is 0 Å². The first-order chi connectivity index (χ1) is 7.63. The molecular weight excluding hydrogens is 202 g/mol. The van der Waals surface area contributed by atoms with Gasteiger partial charge in [-0.3, -0.25) is 4.79 Å². The Labute approximate surface area is 96.8 Å². The van der Waals surface area contributed by atoms with Crippen molar-refractivity contribution in [2.45, 2.75) is 27.2 Å². The maximum Gasteiger partial charge on any atom is 0.219 e. The van der Waals surface area contributed by atoms with E-state index in [4.69, 9.17) is 4.74 Å². The monoisotopic (exact) mass is 221 g/mol. The Balaban J connectivity index is 2.37. The summed E-state index contributed by atoms with van der Waals surface area (Å²) in [6.45, 7) is 6.95. The predicted molar refractivity (Wildman–Crippen MR) is 64.7 cm³/mol. The normalized spacial score (nSPS) is 9.94. The van der Waals surface area contributed by atoms with Gasteiger partial charge in [0, 0.05) is 6.42 Å². The fourth-order valence-corrected chi connectivity index (χ4v) is 1.34. The molecule has 0 saturated carbocycles. The van der Waals surface area contributed by atoms with Gasteiger partial charge in [0.25, 0.3) is 0 Å². The zero-order valence-corrected chi connectivity index (χ0v) is 10.2. The first-order valence-corrected chi connectivity index (χ1v) is 5.60. The van der Waals surface area contributed by atoms with Crippen LogP contribution in [0.4, 0.5) is 0 Å². The van der Waals surface area contributed by atoms with E-state index in [1.807, 2.05) is 32.9 Å². The highest BCUT2D eigenvalue weighted by molar-refractivity contribution is 5.75. The number of carbonyl (C=O) groups excluding carboxylic acids is 1. The average Bonchev–Trinajstić information content (AvgIpc) is 2.28. The van der Waals surface area contributed by atoms with Crippen LogP contribution in [0.25, 0.3) is 0 Å². The van der Waals surface area contributed by atoms with Crippen LogP contribution < -0.4 is 10.1 Å². The molecule has 3 heteroatoms. The largest absolute Gasteiger partial charge is 0.491 e. The van der Waals surface area contributed by atoms with Gasteiger partial charge < -0.3 is 10.1 Å². The minimum Gasteiger partial charge on any atom is -0.491 e. The lowest BCUT2D eigenvalue weighted by atomic mass is 10.1. The SMILES string of the molecule is CCC(=O)NCCOc1cc(C)ccc1C. The van der Waals surface area contributed by atoms with Gasteiger partial charge in [0.1, 0.15) is 12.4 Å². The molecule has 0 heterocycles. The highest BCUT2D eigenvalue weighted by Crippen LogP contribution is 2.18. The van der Waals surface area contributed by atoms with E-state index in [1.54, 1.807) is 0 Å². The molecule has 1 aromatic rings. The van der Waals surface area contributed by atoms with Crippen molar-refractivity contribution in [3.05, 3.63) is 29.3 Å². The number of ether oxygens (including phenoxy) is 1. The Morgan fingerprint density at radius 1 is 1.38 bits per heavy atom. The third-order valence-corrected chi connectivity index (χ3v) is 2.35. The average molecular weight is 221 g/mol. The molecule has 0 atom stereocenters. The molecule has 0 fully saturated rings. The molecule has 88 valence electrons. The molecule has 1 amide bonds. The van der Waals surface area contributed by atoms with Gasteiger partial charge in [0.2, 0.25) is 5.91 Å². The van der Waals surface area contributed by atoms with Gasteiger partial charge in [0.05, 0.1) is 6.54 Å². The lowest BCUT2D eigenvalue weighted by molar-refractivity contribution is -0.120. The van der Waals surface area contributed by atoms with Crippen LogP contribution in [0.5, 0.6) is 5.75 Å². The molecule has 0 unspecified atom stereocenters. The number of carbonyl (C=O) groups is 1. The maximum atomic E-state index is 11.0. The minimum atomic E-state index is 0.0598. The summed E-state index contributed by atoms with van der Waals surface area (Å²) in [5, 5.41) is 2.77. The summed E-state index contributed by atoms with van der Waals surface area (Å²) in [6.07, 6.45) is 0.517. The molecule has 0 radical (unpaired) electrons. The van der Waals surface area contributed by atoms with Crippen LogP contribution in [-0.2, 0) is 4.79 Å². The van der Waals surface area contributed by atoms with E-state index in [9.17, 15) is 4.79 Å². The van der Waals surface area contributed by atoms with Crippen LogP contribution in [-0.4, -0.2) is 19.1 Å². The van der Waals surface area contributed by atoms with Gasteiger partial charge >= 0.3 is 0 Å². The lowest BCUT2D eigenvalue weighted by Gasteiger charge is -2.10. The van der Waals surface area contributed by atoms with E-state index < -0.39 is 0 Å². The molecule has 0 aliphatic rings. The van der Waals surface area contributed by atoms with Crippen molar-refractivity contribution >= 4 is 5.91 Å². The second-order valence-electron chi connectivity index (χ2n) is 3.82.